The molecule has 7 nitrogen and oxygen atoms in total. The van der Waals surface area contributed by atoms with Crippen LogP contribution in [-0.2, 0) is 14.3 Å². The summed E-state index contributed by atoms with van der Waals surface area (Å²) in [6, 6.07) is 0. The second-order valence-electron chi connectivity index (χ2n) is 4.75. The molecule has 1 aromatic rings. The van der Waals surface area contributed by atoms with Crippen LogP contribution in [0.3, 0.4) is 0 Å². The Kier molecular flexibility index (Phi) is 3.89. The summed E-state index contributed by atoms with van der Waals surface area (Å²) in [5, 5.41) is 0. The van der Waals surface area contributed by atoms with Crippen molar-refractivity contribution in [2.75, 3.05) is 6.61 Å². The molecule has 0 amide bonds. The maximum Gasteiger partial charge on any atom is 0.330 e. The molecular weight excluding hydrogens is 264 g/mol. The van der Waals surface area contributed by atoms with Crippen LogP contribution in [0.5, 0.6) is 0 Å². The van der Waals surface area contributed by atoms with Gasteiger partial charge in [0.2, 0.25) is 0 Å². The molecule has 2 atom stereocenters. The van der Waals surface area contributed by atoms with E-state index in [0.29, 0.717) is 17.6 Å². The Hall–Kier alpha value is -2.15. The summed E-state index contributed by atoms with van der Waals surface area (Å²) in [7, 11) is 0. The Bertz CT molecular complexity index is 657. The quantitative estimate of drug-likeness (QED) is 0.633. The van der Waals surface area contributed by atoms with E-state index in [1.807, 2.05) is 0 Å². The molecule has 1 fully saturated rings. The smallest absolute Gasteiger partial charge is 0.330 e. The van der Waals surface area contributed by atoms with Crippen LogP contribution in [0.15, 0.2) is 27.9 Å². The van der Waals surface area contributed by atoms with Crippen molar-refractivity contribution in [2.45, 2.75) is 32.6 Å². The van der Waals surface area contributed by atoms with Gasteiger partial charge in [-0.1, -0.05) is 6.58 Å². The van der Waals surface area contributed by atoms with Crippen molar-refractivity contribution in [1.82, 2.24) is 9.55 Å². The van der Waals surface area contributed by atoms with Crippen molar-refractivity contribution in [3.05, 3.63) is 44.8 Å². The van der Waals surface area contributed by atoms with Gasteiger partial charge in [-0.05, 0) is 12.5 Å². The standard InChI is InChI=1S/C13H16N2O5/c1-7-4-10(6-19-9(3)16)20-12(7)15-5-8(2)11(17)14-13(15)18/h5,10,12H,1,4,6H2,2-3H3,(H,14,17,18)/t10-,12+/m0/s1. The monoisotopic (exact) mass is 280 g/mol. The molecule has 2 rings (SSSR count). The predicted octanol–water partition coefficient (Wildman–Crippen LogP) is 0.252. The van der Waals surface area contributed by atoms with Crippen LogP contribution < -0.4 is 11.2 Å². The first-order valence-electron chi connectivity index (χ1n) is 6.17. The molecule has 108 valence electrons. The maximum atomic E-state index is 11.8. The predicted molar refractivity (Wildman–Crippen MR) is 70.4 cm³/mol. The first kappa shape index (κ1) is 14.3. The van der Waals surface area contributed by atoms with E-state index >= 15 is 0 Å². The molecule has 0 radical (unpaired) electrons. The van der Waals surface area contributed by atoms with Crippen molar-refractivity contribution >= 4 is 5.97 Å². The Morgan fingerprint density at radius 2 is 2.30 bits per heavy atom. The summed E-state index contributed by atoms with van der Waals surface area (Å²) < 4.78 is 11.8. The van der Waals surface area contributed by atoms with E-state index in [-0.39, 0.29) is 18.7 Å². The van der Waals surface area contributed by atoms with Crippen molar-refractivity contribution in [3.63, 3.8) is 0 Å². The van der Waals surface area contributed by atoms with Gasteiger partial charge in [-0.25, -0.2) is 4.79 Å². The molecule has 1 N–H and O–H groups in total. The number of nitrogens with zero attached hydrogens (tertiary/aromatic N) is 1. The topological polar surface area (TPSA) is 90.4 Å². The Morgan fingerprint density at radius 3 is 2.95 bits per heavy atom. The molecule has 1 saturated heterocycles. The fourth-order valence-electron chi connectivity index (χ4n) is 2.05. The molecule has 20 heavy (non-hydrogen) atoms. The van der Waals surface area contributed by atoms with E-state index in [1.54, 1.807) is 6.92 Å². The lowest BCUT2D eigenvalue weighted by atomic mass is 10.1. The Balaban J connectivity index is 2.20. The summed E-state index contributed by atoms with van der Waals surface area (Å²) in [5.41, 5.74) is 0.117. The number of aryl methyl sites for hydroxylation is 1. The van der Waals surface area contributed by atoms with Gasteiger partial charge in [0.1, 0.15) is 6.61 Å². The zero-order chi connectivity index (χ0) is 14.9. The van der Waals surface area contributed by atoms with E-state index in [1.165, 1.54) is 17.7 Å². The SMILES string of the molecule is C=C1C[C@@H](COC(C)=O)O[C@H]1n1cc(C)c(=O)[nH]c1=O. The minimum Gasteiger partial charge on any atom is -0.463 e. The molecule has 0 aliphatic carbocycles. The highest BCUT2D eigenvalue weighted by atomic mass is 16.6. The second-order valence-corrected chi connectivity index (χ2v) is 4.75. The summed E-state index contributed by atoms with van der Waals surface area (Å²) in [4.78, 5) is 36.1. The molecule has 0 unspecified atom stereocenters. The molecule has 2 heterocycles. The van der Waals surface area contributed by atoms with E-state index < -0.39 is 17.5 Å². The van der Waals surface area contributed by atoms with Gasteiger partial charge in [0.05, 0.1) is 6.10 Å². The summed E-state index contributed by atoms with van der Waals surface area (Å²) in [6.45, 7) is 6.89. The van der Waals surface area contributed by atoms with Crippen molar-refractivity contribution < 1.29 is 14.3 Å². The number of hydrogen-bond donors (Lipinski definition) is 1. The minimum absolute atomic E-state index is 0.113. The number of carbonyl (C=O) groups is 1. The number of aromatic amines is 1. The summed E-state index contributed by atoms with van der Waals surface area (Å²) in [6.07, 6.45) is 0.933. The molecule has 1 aromatic heterocycles. The first-order valence-corrected chi connectivity index (χ1v) is 6.17. The lowest BCUT2D eigenvalue weighted by Crippen LogP contribution is -2.34. The van der Waals surface area contributed by atoms with Crippen molar-refractivity contribution in [3.8, 4) is 0 Å². The van der Waals surface area contributed by atoms with Gasteiger partial charge >= 0.3 is 11.7 Å². The third-order valence-corrected chi connectivity index (χ3v) is 3.03. The van der Waals surface area contributed by atoms with Crippen LogP contribution in [0.2, 0.25) is 0 Å². The number of rotatable bonds is 3. The third-order valence-electron chi connectivity index (χ3n) is 3.03. The number of H-pyrrole nitrogens is 1. The number of carbonyl (C=O) groups excluding carboxylic acids is 1. The van der Waals surface area contributed by atoms with Gasteiger partial charge in [-0.15, -0.1) is 0 Å². The fraction of sp³-hybridized carbons (Fsp3) is 0.462. The maximum absolute atomic E-state index is 11.8. The fourth-order valence-corrected chi connectivity index (χ4v) is 2.05. The van der Waals surface area contributed by atoms with Crippen molar-refractivity contribution in [2.24, 2.45) is 0 Å². The van der Waals surface area contributed by atoms with Gasteiger partial charge in [-0.3, -0.25) is 19.1 Å². The highest BCUT2D eigenvalue weighted by Crippen LogP contribution is 2.31. The molecule has 0 aromatic carbocycles. The normalized spacial score (nSPS) is 22.0. The molecule has 1 aliphatic heterocycles. The van der Waals surface area contributed by atoms with Crippen molar-refractivity contribution in [1.29, 1.82) is 0 Å². The van der Waals surface area contributed by atoms with Gasteiger partial charge in [0.15, 0.2) is 6.23 Å². The molecular formula is C13H16N2O5. The lowest BCUT2D eigenvalue weighted by molar-refractivity contribution is -0.145. The van der Waals surface area contributed by atoms with Gasteiger partial charge in [-0.2, -0.15) is 0 Å². The van der Waals surface area contributed by atoms with Crippen LogP contribution in [0.4, 0.5) is 0 Å². The molecule has 0 spiro atoms. The largest absolute Gasteiger partial charge is 0.463 e. The molecule has 0 saturated carbocycles. The molecule has 0 bridgehead atoms. The van der Waals surface area contributed by atoms with E-state index in [9.17, 15) is 14.4 Å². The highest BCUT2D eigenvalue weighted by molar-refractivity contribution is 5.65. The van der Waals surface area contributed by atoms with Crippen LogP contribution >= 0.6 is 0 Å². The highest BCUT2D eigenvalue weighted by Gasteiger charge is 2.31. The van der Waals surface area contributed by atoms with Gasteiger partial charge in [0.25, 0.3) is 5.56 Å². The lowest BCUT2D eigenvalue weighted by Gasteiger charge is -2.16. The van der Waals surface area contributed by atoms with E-state index in [0.717, 1.165) is 0 Å². The average molecular weight is 280 g/mol. The van der Waals surface area contributed by atoms with Crippen LogP contribution in [0.25, 0.3) is 0 Å². The number of esters is 1. The minimum atomic E-state index is -0.654. The summed E-state index contributed by atoms with van der Waals surface area (Å²) in [5.74, 6) is -0.389. The Morgan fingerprint density at radius 1 is 1.60 bits per heavy atom. The number of aromatic nitrogens is 2. The van der Waals surface area contributed by atoms with Gasteiger partial charge in [0, 0.05) is 25.1 Å². The van der Waals surface area contributed by atoms with Crippen LogP contribution in [-0.4, -0.2) is 28.2 Å². The second kappa shape index (κ2) is 5.46. The zero-order valence-electron chi connectivity index (χ0n) is 11.3. The van der Waals surface area contributed by atoms with Gasteiger partial charge < -0.3 is 9.47 Å². The van der Waals surface area contributed by atoms with Crippen LogP contribution in [0.1, 0.15) is 25.1 Å². The number of ether oxygens (including phenoxy) is 2. The first-order chi connectivity index (χ1) is 9.38. The average Bonchev–Trinajstić information content (AvgIpc) is 2.72. The molecule has 1 aliphatic rings. The van der Waals surface area contributed by atoms with E-state index in [2.05, 4.69) is 11.6 Å². The third kappa shape index (κ3) is 2.88. The number of hydrogen-bond acceptors (Lipinski definition) is 5. The number of nitrogens with one attached hydrogen (secondary N) is 1. The van der Waals surface area contributed by atoms with E-state index in [4.69, 9.17) is 9.47 Å². The summed E-state index contributed by atoms with van der Waals surface area (Å²) >= 11 is 0. The van der Waals surface area contributed by atoms with Crippen LogP contribution in [0, 0.1) is 6.92 Å². The zero-order valence-corrected chi connectivity index (χ0v) is 11.3. The molecule has 7 heteroatoms. The Labute approximate surface area is 114 Å².